The molecule has 4 aromatic rings. The topological polar surface area (TPSA) is 109 Å². The Morgan fingerprint density at radius 3 is 2.77 bits per heavy atom. The molecule has 3 heterocycles. The number of hydrogen-bond donors (Lipinski definition) is 1. The van der Waals surface area contributed by atoms with Gasteiger partial charge in [-0.1, -0.05) is 24.3 Å². The van der Waals surface area contributed by atoms with Gasteiger partial charge in [0.1, 0.15) is 11.6 Å². The number of aromatic nitrogens is 2. The summed E-state index contributed by atoms with van der Waals surface area (Å²) < 4.78 is 17.7. The van der Waals surface area contributed by atoms with Gasteiger partial charge in [-0.05, 0) is 43.7 Å². The number of para-hydroxylation sites is 2. The highest BCUT2D eigenvalue weighted by atomic mass is 32.1. The Kier molecular flexibility index (Phi) is 5.96. The van der Waals surface area contributed by atoms with E-state index in [4.69, 9.17) is 14.2 Å². The molecule has 2 aromatic heterocycles. The molecule has 1 amide bonds. The number of carbonyl (C=O) groups is 2. The molecular weight excluding hydrogens is 470 g/mol. The first-order valence-corrected chi connectivity index (χ1v) is 11.8. The monoisotopic (exact) mass is 491 g/mol. The van der Waals surface area contributed by atoms with Gasteiger partial charge < -0.3 is 19.5 Å². The molecule has 178 valence electrons. The standard InChI is InChI=1S/C25H21N3O6S/c1-3-32-25(31)21-16-13-35-23(20(16)24(30)28(27-21)15-8-6-7-14(2)11-15)26-22(29)19-12-33-17-9-4-5-10-18(17)34-19/h4-11,13,19H,3,12H2,1-2H3,(H,26,29). The molecule has 0 spiro atoms. The Hall–Kier alpha value is -4.18. The van der Waals surface area contributed by atoms with Crippen LogP contribution in [0.3, 0.4) is 0 Å². The number of anilines is 1. The summed E-state index contributed by atoms with van der Waals surface area (Å²) in [5.74, 6) is -0.107. The highest BCUT2D eigenvalue weighted by Crippen LogP contribution is 2.33. The summed E-state index contributed by atoms with van der Waals surface area (Å²) in [5.41, 5.74) is 0.932. The summed E-state index contributed by atoms with van der Waals surface area (Å²) >= 11 is 1.12. The predicted molar refractivity (Wildman–Crippen MR) is 131 cm³/mol. The van der Waals surface area contributed by atoms with Gasteiger partial charge in [-0.25, -0.2) is 4.79 Å². The molecule has 1 atom stereocenters. The molecule has 1 unspecified atom stereocenters. The highest BCUT2D eigenvalue weighted by molar-refractivity contribution is 7.16. The fourth-order valence-electron chi connectivity index (χ4n) is 3.77. The highest BCUT2D eigenvalue weighted by Gasteiger charge is 2.29. The van der Waals surface area contributed by atoms with Crippen LogP contribution in [0.1, 0.15) is 23.0 Å². The first-order valence-electron chi connectivity index (χ1n) is 10.9. The van der Waals surface area contributed by atoms with Crippen molar-refractivity contribution in [3.63, 3.8) is 0 Å². The van der Waals surface area contributed by atoms with Crippen LogP contribution in [0, 0.1) is 6.92 Å². The number of carbonyl (C=O) groups excluding carboxylic acids is 2. The quantitative estimate of drug-likeness (QED) is 0.424. The Balaban J connectivity index is 1.56. The van der Waals surface area contributed by atoms with Crippen molar-refractivity contribution < 1.29 is 23.8 Å². The van der Waals surface area contributed by atoms with E-state index in [1.54, 1.807) is 48.7 Å². The Labute approximate surface area is 203 Å². The van der Waals surface area contributed by atoms with Crippen LogP contribution in [0.5, 0.6) is 11.5 Å². The third-order valence-electron chi connectivity index (χ3n) is 5.41. The maximum Gasteiger partial charge on any atom is 0.359 e. The number of ether oxygens (including phenoxy) is 3. The average molecular weight is 492 g/mol. The van der Waals surface area contributed by atoms with Gasteiger partial charge in [-0.15, -0.1) is 11.3 Å². The lowest BCUT2D eigenvalue weighted by molar-refractivity contribution is -0.125. The van der Waals surface area contributed by atoms with Crippen molar-refractivity contribution in [3.8, 4) is 17.2 Å². The molecule has 1 N–H and O–H groups in total. The molecule has 1 aliphatic heterocycles. The molecule has 0 saturated carbocycles. The van der Waals surface area contributed by atoms with Crippen LogP contribution in [0.15, 0.2) is 58.7 Å². The van der Waals surface area contributed by atoms with E-state index in [-0.39, 0.29) is 29.3 Å². The van der Waals surface area contributed by atoms with Crippen LogP contribution in [0.4, 0.5) is 5.00 Å². The van der Waals surface area contributed by atoms with Crippen molar-refractivity contribution in [2.75, 3.05) is 18.5 Å². The number of fused-ring (bicyclic) bond motifs is 2. The lowest BCUT2D eigenvalue weighted by atomic mass is 10.2. The lowest BCUT2D eigenvalue weighted by Gasteiger charge is -2.25. The summed E-state index contributed by atoms with van der Waals surface area (Å²) in [5, 5.41) is 9.46. The molecule has 2 aromatic carbocycles. The number of benzene rings is 2. The normalized spacial score (nSPS) is 14.5. The molecule has 0 fully saturated rings. The molecule has 1 aliphatic rings. The first-order chi connectivity index (χ1) is 17.0. The summed E-state index contributed by atoms with van der Waals surface area (Å²) in [7, 11) is 0. The fraction of sp³-hybridized carbons (Fsp3) is 0.200. The molecule has 10 heteroatoms. The number of esters is 1. The van der Waals surface area contributed by atoms with E-state index in [1.807, 2.05) is 19.1 Å². The SMILES string of the molecule is CCOC(=O)c1nn(-c2cccc(C)c2)c(=O)c2c(NC(=O)C3COc4ccccc4O3)scc12. The molecule has 9 nitrogen and oxygen atoms in total. The zero-order chi connectivity index (χ0) is 24.5. The molecule has 0 aliphatic carbocycles. The molecule has 0 radical (unpaired) electrons. The van der Waals surface area contributed by atoms with Crippen molar-refractivity contribution >= 4 is 39.0 Å². The van der Waals surface area contributed by atoms with Crippen molar-refractivity contribution in [2.24, 2.45) is 0 Å². The maximum absolute atomic E-state index is 13.5. The minimum absolute atomic E-state index is 0.00844. The van der Waals surface area contributed by atoms with E-state index in [1.165, 1.54) is 0 Å². The van der Waals surface area contributed by atoms with Gasteiger partial charge in [0, 0.05) is 10.8 Å². The van der Waals surface area contributed by atoms with Gasteiger partial charge in [0.25, 0.3) is 11.5 Å². The van der Waals surface area contributed by atoms with Gasteiger partial charge in [-0.2, -0.15) is 9.78 Å². The fourth-order valence-corrected chi connectivity index (χ4v) is 4.71. The molecule has 0 bridgehead atoms. The Bertz CT molecular complexity index is 1510. The van der Waals surface area contributed by atoms with E-state index < -0.39 is 23.5 Å². The van der Waals surface area contributed by atoms with Gasteiger partial charge in [0.2, 0.25) is 6.10 Å². The second-order valence-electron chi connectivity index (χ2n) is 7.83. The van der Waals surface area contributed by atoms with E-state index in [0.717, 1.165) is 21.6 Å². The van der Waals surface area contributed by atoms with Crippen LogP contribution in [0.2, 0.25) is 0 Å². The van der Waals surface area contributed by atoms with Crippen molar-refractivity contribution in [1.29, 1.82) is 0 Å². The zero-order valence-electron chi connectivity index (χ0n) is 18.9. The summed E-state index contributed by atoms with van der Waals surface area (Å²) in [6.45, 7) is 3.75. The molecular formula is C25H21N3O6S. The predicted octanol–water partition coefficient (Wildman–Crippen LogP) is 3.71. The number of aryl methyl sites for hydroxylation is 1. The molecule has 0 saturated heterocycles. The van der Waals surface area contributed by atoms with Gasteiger partial charge in [-0.3, -0.25) is 9.59 Å². The van der Waals surface area contributed by atoms with Gasteiger partial charge in [0.05, 0.1) is 17.7 Å². The van der Waals surface area contributed by atoms with Crippen LogP contribution >= 0.6 is 11.3 Å². The zero-order valence-corrected chi connectivity index (χ0v) is 19.8. The van der Waals surface area contributed by atoms with Crippen molar-refractivity contribution in [2.45, 2.75) is 20.0 Å². The maximum atomic E-state index is 13.5. The second kappa shape index (κ2) is 9.22. The summed E-state index contributed by atoms with van der Waals surface area (Å²) in [6, 6.07) is 14.3. The third kappa shape index (κ3) is 4.24. The molecule has 35 heavy (non-hydrogen) atoms. The Morgan fingerprint density at radius 2 is 2.00 bits per heavy atom. The van der Waals surface area contributed by atoms with Crippen molar-refractivity contribution in [3.05, 3.63) is 75.5 Å². The van der Waals surface area contributed by atoms with E-state index in [2.05, 4.69) is 10.4 Å². The van der Waals surface area contributed by atoms with Crippen molar-refractivity contribution in [1.82, 2.24) is 9.78 Å². The van der Waals surface area contributed by atoms with Crippen LogP contribution in [0.25, 0.3) is 16.5 Å². The number of rotatable bonds is 5. The largest absolute Gasteiger partial charge is 0.485 e. The minimum atomic E-state index is -0.910. The van der Waals surface area contributed by atoms with E-state index in [9.17, 15) is 14.4 Å². The summed E-state index contributed by atoms with van der Waals surface area (Å²) in [4.78, 5) is 39.2. The van der Waals surface area contributed by atoms with Crippen LogP contribution in [-0.4, -0.2) is 41.0 Å². The van der Waals surface area contributed by atoms with Gasteiger partial charge >= 0.3 is 5.97 Å². The number of hydrogen-bond acceptors (Lipinski definition) is 8. The van der Waals surface area contributed by atoms with E-state index in [0.29, 0.717) is 22.6 Å². The van der Waals surface area contributed by atoms with E-state index >= 15 is 0 Å². The third-order valence-corrected chi connectivity index (χ3v) is 6.30. The number of amides is 1. The number of nitrogens with zero attached hydrogens (tertiary/aromatic N) is 2. The van der Waals surface area contributed by atoms with Crippen LogP contribution in [-0.2, 0) is 9.53 Å². The Morgan fingerprint density at radius 1 is 1.20 bits per heavy atom. The number of thiophene rings is 1. The first kappa shape index (κ1) is 22.6. The average Bonchev–Trinajstić information content (AvgIpc) is 3.28. The van der Waals surface area contributed by atoms with Crippen LogP contribution < -0.4 is 20.3 Å². The lowest BCUT2D eigenvalue weighted by Crippen LogP contribution is -2.40. The second-order valence-corrected chi connectivity index (χ2v) is 8.71. The number of nitrogens with one attached hydrogen (secondary N) is 1. The minimum Gasteiger partial charge on any atom is -0.485 e. The summed E-state index contributed by atoms with van der Waals surface area (Å²) in [6.07, 6.45) is -0.910. The van der Waals surface area contributed by atoms with Gasteiger partial charge in [0.15, 0.2) is 17.2 Å². The smallest absolute Gasteiger partial charge is 0.359 e. The molecule has 5 rings (SSSR count).